The normalized spacial score (nSPS) is 25.5. The van der Waals surface area contributed by atoms with Crippen molar-refractivity contribution in [1.82, 2.24) is 9.80 Å². The van der Waals surface area contributed by atoms with Gasteiger partial charge in [0, 0.05) is 38.0 Å². The summed E-state index contributed by atoms with van der Waals surface area (Å²) in [7, 11) is 0. The Morgan fingerprint density at radius 3 is 1.42 bits per heavy atom. The van der Waals surface area contributed by atoms with Crippen LogP contribution in [0.5, 0.6) is 0 Å². The van der Waals surface area contributed by atoms with E-state index in [1.165, 1.54) is 0 Å². The summed E-state index contributed by atoms with van der Waals surface area (Å²) >= 11 is 2.03. The molecule has 0 spiro atoms. The van der Waals surface area contributed by atoms with Gasteiger partial charge in [-0.15, -0.1) is 0 Å². The number of likely N-dealkylation sites (tertiary alicyclic amines) is 2. The van der Waals surface area contributed by atoms with Gasteiger partial charge in [-0.25, -0.2) is 9.80 Å². The van der Waals surface area contributed by atoms with E-state index in [-0.39, 0.29) is 12.1 Å². The standard InChI is InChI=1S/C26H52N2O4S/c1-5-23(27-15-9-7-13-25(27,29)30)19-21(3)11-17-33-18-12-22(4)20-24(6-2)28-16-10-8-14-26(28,31)32/h21-24,29-32H,5-20H2,1-4H3. The Balaban J connectivity index is 1.65. The Morgan fingerprint density at radius 1 is 0.697 bits per heavy atom. The van der Waals surface area contributed by atoms with Gasteiger partial charge < -0.3 is 20.4 Å². The van der Waals surface area contributed by atoms with Crippen molar-refractivity contribution >= 4 is 11.8 Å². The number of nitrogens with zero attached hydrogens (tertiary/aromatic N) is 2. The summed E-state index contributed by atoms with van der Waals surface area (Å²) in [5, 5.41) is 41.5. The SMILES string of the molecule is CCC(CC(C)CCSCCC(C)CC(CC)N1CCCCC1(O)O)N1CCCCC1(O)O. The van der Waals surface area contributed by atoms with E-state index in [2.05, 4.69) is 27.7 Å². The quantitative estimate of drug-likeness (QED) is 0.213. The molecule has 2 fully saturated rings. The van der Waals surface area contributed by atoms with E-state index >= 15 is 0 Å². The molecule has 0 aromatic heterocycles. The van der Waals surface area contributed by atoms with E-state index in [1.54, 1.807) is 0 Å². The topological polar surface area (TPSA) is 87.4 Å². The first-order valence-corrected chi connectivity index (χ1v) is 14.8. The third-order valence-corrected chi connectivity index (χ3v) is 8.97. The summed E-state index contributed by atoms with van der Waals surface area (Å²) in [6.45, 7) is 10.5. The highest BCUT2D eigenvalue weighted by molar-refractivity contribution is 7.99. The van der Waals surface area contributed by atoms with Gasteiger partial charge in [0.25, 0.3) is 0 Å². The minimum Gasteiger partial charge on any atom is -0.353 e. The Hall–Kier alpha value is 0.110. The van der Waals surface area contributed by atoms with Crippen molar-refractivity contribution in [1.29, 1.82) is 0 Å². The molecule has 0 amide bonds. The van der Waals surface area contributed by atoms with Crippen LogP contribution >= 0.6 is 11.8 Å². The fourth-order valence-electron chi connectivity index (χ4n) is 5.75. The fourth-order valence-corrected chi connectivity index (χ4v) is 7.09. The van der Waals surface area contributed by atoms with E-state index in [4.69, 9.17) is 0 Å². The van der Waals surface area contributed by atoms with Crippen LogP contribution in [0.3, 0.4) is 0 Å². The lowest BCUT2D eigenvalue weighted by atomic mass is 9.94. The first-order valence-electron chi connectivity index (χ1n) is 13.6. The van der Waals surface area contributed by atoms with Crippen molar-refractivity contribution in [2.45, 2.75) is 129 Å². The summed E-state index contributed by atoms with van der Waals surface area (Å²) in [6.07, 6.45) is 11.1. The zero-order chi connectivity index (χ0) is 24.5. The minimum absolute atomic E-state index is 0.242. The molecule has 0 aliphatic carbocycles. The monoisotopic (exact) mass is 488 g/mol. The number of piperidine rings is 2. The average Bonchev–Trinajstić information content (AvgIpc) is 2.75. The van der Waals surface area contributed by atoms with E-state index in [0.717, 1.165) is 88.8 Å². The van der Waals surface area contributed by atoms with Gasteiger partial charge in [0.1, 0.15) is 0 Å². The smallest absolute Gasteiger partial charge is 0.225 e. The Kier molecular flexibility index (Phi) is 12.5. The number of thioether (sulfide) groups is 1. The Morgan fingerprint density at radius 2 is 1.09 bits per heavy atom. The molecule has 2 rings (SSSR count). The lowest BCUT2D eigenvalue weighted by molar-refractivity contribution is -0.291. The summed E-state index contributed by atoms with van der Waals surface area (Å²) in [4.78, 5) is 3.86. The van der Waals surface area contributed by atoms with Crippen molar-refractivity contribution in [2.24, 2.45) is 11.8 Å². The van der Waals surface area contributed by atoms with Crippen LogP contribution in [0.25, 0.3) is 0 Å². The predicted molar refractivity (Wildman–Crippen MR) is 138 cm³/mol. The van der Waals surface area contributed by atoms with Crippen LogP contribution in [0.15, 0.2) is 0 Å². The van der Waals surface area contributed by atoms with Crippen LogP contribution in [0.1, 0.15) is 105 Å². The second-order valence-corrected chi connectivity index (χ2v) is 12.1. The van der Waals surface area contributed by atoms with E-state index in [0.29, 0.717) is 24.7 Å². The summed E-state index contributed by atoms with van der Waals surface area (Å²) in [6, 6.07) is 0.484. The van der Waals surface area contributed by atoms with Crippen molar-refractivity contribution in [3.05, 3.63) is 0 Å². The molecule has 0 radical (unpaired) electrons. The number of rotatable bonds is 14. The van der Waals surface area contributed by atoms with Crippen molar-refractivity contribution in [3.8, 4) is 0 Å². The predicted octanol–water partition coefficient (Wildman–Crippen LogP) is 4.36. The number of hydrogen-bond donors (Lipinski definition) is 4. The van der Waals surface area contributed by atoms with Gasteiger partial charge >= 0.3 is 0 Å². The van der Waals surface area contributed by atoms with Crippen LogP contribution in [0, 0.1) is 11.8 Å². The van der Waals surface area contributed by atoms with E-state index < -0.39 is 11.8 Å². The average molecular weight is 489 g/mol. The third kappa shape index (κ3) is 9.25. The molecule has 2 saturated heterocycles. The van der Waals surface area contributed by atoms with Gasteiger partial charge in [0.05, 0.1) is 0 Å². The Labute approximate surface area is 207 Å². The molecule has 196 valence electrons. The molecule has 2 aliphatic rings. The molecule has 2 aliphatic heterocycles. The van der Waals surface area contributed by atoms with Crippen molar-refractivity contribution in [3.63, 3.8) is 0 Å². The summed E-state index contributed by atoms with van der Waals surface area (Å²) in [5.41, 5.74) is 0. The van der Waals surface area contributed by atoms with Gasteiger partial charge in [-0.2, -0.15) is 11.8 Å². The molecular weight excluding hydrogens is 436 g/mol. The van der Waals surface area contributed by atoms with Crippen LogP contribution in [-0.4, -0.2) is 78.7 Å². The molecule has 0 aromatic rings. The van der Waals surface area contributed by atoms with Gasteiger partial charge in [0.15, 0.2) is 0 Å². The van der Waals surface area contributed by atoms with Crippen molar-refractivity contribution < 1.29 is 20.4 Å². The maximum atomic E-state index is 10.4. The number of aliphatic hydroxyl groups is 4. The van der Waals surface area contributed by atoms with E-state index in [9.17, 15) is 20.4 Å². The first-order chi connectivity index (χ1) is 15.6. The highest BCUT2D eigenvalue weighted by Crippen LogP contribution is 2.31. The maximum absolute atomic E-state index is 10.4. The molecule has 2 heterocycles. The molecule has 7 heteroatoms. The Bertz CT molecular complexity index is 502. The molecule has 0 saturated carbocycles. The van der Waals surface area contributed by atoms with Gasteiger partial charge in [0.2, 0.25) is 11.8 Å². The summed E-state index contributed by atoms with van der Waals surface area (Å²) in [5.74, 6) is 0.187. The molecule has 4 N–H and O–H groups in total. The van der Waals surface area contributed by atoms with E-state index in [1.807, 2.05) is 21.6 Å². The fraction of sp³-hybridized carbons (Fsp3) is 1.00. The largest absolute Gasteiger partial charge is 0.353 e. The van der Waals surface area contributed by atoms with Crippen LogP contribution in [0.2, 0.25) is 0 Å². The molecule has 0 bridgehead atoms. The van der Waals surface area contributed by atoms with Crippen LogP contribution < -0.4 is 0 Å². The second-order valence-electron chi connectivity index (χ2n) is 10.8. The zero-order valence-corrected chi connectivity index (χ0v) is 22.5. The molecule has 0 aromatic carbocycles. The second kappa shape index (κ2) is 14.0. The van der Waals surface area contributed by atoms with Gasteiger partial charge in [-0.05, 0) is 87.5 Å². The van der Waals surface area contributed by atoms with Crippen LogP contribution in [-0.2, 0) is 0 Å². The van der Waals surface area contributed by atoms with Gasteiger partial charge in [-0.3, -0.25) is 0 Å². The van der Waals surface area contributed by atoms with Gasteiger partial charge in [-0.1, -0.05) is 27.7 Å². The molecule has 4 atom stereocenters. The molecule has 33 heavy (non-hydrogen) atoms. The highest BCUT2D eigenvalue weighted by atomic mass is 32.2. The van der Waals surface area contributed by atoms with Crippen molar-refractivity contribution in [2.75, 3.05) is 24.6 Å². The van der Waals surface area contributed by atoms with Crippen LogP contribution in [0.4, 0.5) is 0 Å². The molecule has 6 nitrogen and oxygen atoms in total. The number of hydrogen-bond acceptors (Lipinski definition) is 7. The molecular formula is C26H52N2O4S. The first kappa shape index (κ1) is 29.3. The zero-order valence-electron chi connectivity index (χ0n) is 21.7. The highest BCUT2D eigenvalue weighted by Gasteiger charge is 2.39. The lowest BCUT2D eigenvalue weighted by Crippen LogP contribution is -2.56. The maximum Gasteiger partial charge on any atom is 0.225 e. The third-order valence-electron chi connectivity index (χ3n) is 7.93. The minimum atomic E-state index is -1.63. The lowest BCUT2D eigenvalue weighted by Gasteiger charge is -2.44. The molecule has 4 unspecified atom stereocenters. The summed E-state index contributed by atoms with van der Waals surface area (Å²) < 4.78 is 0.